The van der Waals surface area contributed by atoms with Gasteiger partial charge in [-0.05, 0) is 35.9 Å². The van der Waals surface area contributed by atoms with Crippen molar-refractivity contribution < 1.29 is 9.50 Å². The highest BCUT2D eigenvalue weighted by Crippen LogP contribution is 2.26. The van der Waals surface area contributed by atoms with E-state index in [1.165, 1.54) is 6.07 Å². The predicted octanol–water partition coefficient (Wildman–Crippen LogP) is 4.61. The number of aliphatic hydroxyl groups is 1. The van der Waals surface area contributed by atoms with Crippen molar-refractivity contribution in [3.63, 3.8) is 0 Å². The molecule has 0 amide bonds. The Kier molecular flexibility index (Phi) is 5.85. The standard InChI is InChI=1S/C15H13Cl3FNO/c16-10-2-3-12(17)11(6-10)15(21)8-20-7-9-1-4-14(19)13(18)5-9/h1-6,15,20-21H,7-8H2. The topological polar surface area (TPSA) is 32.3 Å². The highest BCUT2D eigenvalue weighted by Gasteiger charge is 2.12. The van der Waals surface area contributed by atoms with Gasteiger partial charge in [-0.1, -0.05) is 40.9 Å². The first-order valence-electron chi connectivity index (χ1n) is 6.25. The Bertz CT molecular complexity index is 636. The summed E-state index contributed by atoms with van der Waals surface area (Å²) < 4.78 is 13.0. The van der Waals surface area contributed by atoms with Crippen LogP contribution in [-0.4, -0.2) is 11.7 Å². The molecule has 6 heteroatoms. The lowest BCUT2D eigenvalue weighted by molar-refractivity contribution is 0.174. The average molecular weight is 349 g/mol. The number of halogens is 4. The van der Waals surface area contributed by atoms with Crippen LogP contribution in [0.4, 0.5) is 4.39 Å². The predicted molar refractivity (Wildman–Crippen MR) is 84.5 cm³/mol. The second-order valence-corrected chi connectivity index (χ2v) is 5.81. The number of nitrogens with one attached hydrogen (secondary N) is 1. The molecule has 0 aliphatic carbocycles. The molecule has 0 bridgehead atoms. The van der Waals surface area contributed by atoms with Crippen molar-refractivity contribution in [2.75, 3.05) is 6.54 Å². The molecule has 2 nitrogen and oxygen atoms in total. The number of hydrogen-bond acceptors (Lipinski definition) is 2. The maximum absolute atomic E-state index is 13.0. The van der Waals surface area contributed by atoms with E-state index in [4.69, 9.17) is 34.8 Å². The Morgan fingerprint density at radius 1 is 1.05 bits per heavy atom. The summed E-state index contributed by atoms with van der Waals surface area (Å²) in [6.07, 6.45) is -0.785. The number of aliphatic hydroxyl groups excluding tert-OH is 1. The monoisotopic (exact) mass is 347 g/mol. The SMILES string of the molecule is OC(CNCc1ccc(F)c(Cl)c1)c1cc(Cl)ccc1Cl. The first-order chi connectivity index (χ1) is 9.97. The van der Waals surface area contributed by atoms with E-state index < -0.39 is 11.9 Å². The average Bonchev–Trinajstić information content (AvgIpc) is 2.45. The van der Waals surface area contributed by atoms with Gasteiger partial charge in [0, 0.05) is 28.7 Å². The molecule has 2 aromatic rings. The first kappa shape index (κ1) is 16.5. The summed E-state index contributed by atoms with van der Waals surface area (Å²) in [6.45, 7) is 0.740. The Hall–Kier alpha value is -0.840. The van der Waals surface area contributed by atoms with Crippen molar-refractivity contribution in [2.24, 2.45) is 0 Å². The molecule has 0 spiro atoms. The maximum atomic E-state index is 13.0. The summed E-state index contributed by atoms with van der Waals surface area (Å²) in [5, 5.41) is 14.2. The summed E-state index contributed by atoms with van der Waals surface area (Å²) in [6, 6.07) is 9.42. The molecule has 21 heavy (non-hydrogen) atoms. The zero-order chi connectivity index (χ0) is 15.4. The van der Waals surface area contributed by atoms with Crippen LogP contribution < -0.4 is 5.32 Å². The molecule has 0 aromatic heterocycles. The maximum Gasteiger partial charge on any atom is 0.141 e. The van der Waals surface area contributed by atoms with Gasteiger partial charge in [0.25, 0.3) is 0 Å². The largest absolute Gasteiger partial charge is 0.387 e. The number of benzene rings is 2. The molecule has 0 heterocycles. The second kappa shape index (κ2) is 7.43. The van der Waals surface area contributed by atoms with Crippen molar-refractivity contribution in [3.8, 4) is 0 Å². The third-order valence-corrected chi connectivity index (χ3v) is 3.84. The zero-order valence-electron chi connectivity index (χ0n) is 10.9. The molecule has 0 saturated heterocycles. The van der Waals surface area contributed by atoms with Crippen LogP contribution in [-0.2, 0) is 6.54 Å². The lowest BCUT2D eigenvalue weighted by Gasteiger charge is -2.14. The van der Waals surface area contributed by atoms with Crippen molar-refractivity contribution in [1.29, 1.82) is 0 Å². The van der Waals surface area contributed by atoms with E-state index in [-0.39, 0.29) is 11.6 Å². The van der Waals surface area contributed by atoms with Gasteiger partial charge in [-0.2, -0.15) is 0 Å². The van der Waals surface area contributed by atoms with Crippen LogP contribution in [0.3, 0.4) is 0 Å². The molecule has 2 aromatic carbocycles. The van der Waals surface area contributed by atoms with E-state index in [0.717, 1.165) is 5.56 Å². The molecule has 1 unspecified atom stereocenters. The van der Waals surface area contributed by atoms with Crippen LogP contribution >= 0.6 is 34.8 Å². The second-order valence-electron chi connectivity index (χ2n) is 4.56. The van der Waals surface area contributed by atoms with Crippen molar-refractivity contribution in [2.45, 2.75) is 12.6 Å². The molecule has 2 rings (SSSR count). The molecule has 2 N–H and O–H groups in total. The van der Waals surface area contributed by atoms with Gasteiger partial charge in [0.1, 0.15) is 5.82 Å². The van der Waals surface area contributed by atoms with Crippen molar-refractivity contribution in [3.05, 3.63) is 68.4 Å². The van der Waals surface area contributed by atoms with Gasteiger partial charge in [-0.25, -0.2) is 4.39 Å². The third-order valence-electron chi connectivity index (χ3n) is 2.97. The van der Waals surface area contributed by atoms with E-state index in [0.29, 0.717) is 22.2 Å². The van der Waals surface area contributed by atoms with E-state index in [9.17, 15) is 9.50 Å². The molecule has 1 atom stereocenters. The quantitative estimate of drug-likeness (QED) is 0.827. The first-order valence-corrected chi connectivity index (χ1v) is 7.38. The molecular weight excluding hydrogens is 336 g/mol. The van der Waals surface area contributed by atoms with Crippen LogP contribution in [0.1, 0.15) is 17.2 Å². The van der Waals surface area contributed by atoms with Crippen LogP contribution in [0.15, 0.2) is 36.4 Å². The van der Waals surface area contributed by atoms with Crippen molar-refractivity contribution in [1.82, 2.24) is 5.32 Å². The van der Waals surface area contributed by atoms with Crippen LogP contribution in [0.2, 0.25) is 15.1 Å². The highest BCUT2D eigenvalue weighted by molar-refractivity contribution is 6.33. The minimum atomic E-state index is -0.785. The summed E-state index contributed by atoms with van der Waals surface area (Å²) in [5.74, 6) is -0.453. The van der Waals surface area contributed by atoms with Gasteiger partial charge < -0.3 is 10.4 Å². The Labute approximate surface area is 137 Å². The van der Waals surface area contributed by atoms with Crippen LogP contribution in [0, 0.1) is 5.82 Å². The fourth-order valence-electron chi connectivity index (χ4n) is 1.88. The van der Waals surface area contributed by atoms with E-state index >= 15 is 0 Å². The Morgan fingerprint density at radius 3 is 2.52 bits per heavy atom. The van der Waals surface area contributed by atoms with Gasteiger partial charge in [0.2, 0.25) is 0 Å². The minimum absolute atomic E-state index is 0.0766. The number of rotatable bonds is 5. The summed E-state index contributed by atoms with van der Waals surface area (Å²) in [7, 11) is 0. The van der Waals surface area contributed by atoms with Gasteiger partial charge in [0.05, 0.1) is 11.1 Å². The fourth-order valence-corrected chi connectivity index (χ4v) is 2.51. The van der Waals surface area contributed by atoms with Crippen LogP contribution in [0.25, 0.3) is 0 Å². The Morgan fingerprint density at radius 2 is 1.81 bits per heavy atom. The summed E-state index contributed by atoms with van der Waals surface area (Å²) in [4.78, 5) is 0. The normalized spacial score (nSPS) is 12.4. The van der Waals surface area contributed by atoms with E-state index in [2.05, 4.69) is 5.32 Å². The van der Waals surface area contributed by atoms with Gasteiger partial charge in [0.15, 0.2) is 0 Å². The molecule has 0 aliphatic heterocycles. The third kappa shape index (κ3) is 4.56. The number of hydrogen-bond donors (Lipinski definition) is 2. The smallest absolute Gasteiger partial charge is 0.141 e. The molecule has 0 radical (unpaired) electrons. The minimum Gasteiger partial charge on any atom is -0.387 e. The highest BCUT2D eigenvalue weighted by atomic mass is 35.5. The fraction of sp³-hybridized carbons (Fsp3) is 0.200. The molecule has 0 aliphatic rings. The van der Waals surface area contributed by atoms with E-state index in [1.54, 1.807) is 30.3 Å². The van der Waals surface area contributed by atoms with Gasteiger partial charge in [-0.15, -0.1) is 0 Å². The Balaban J connectivity index is 1.93. The molecule has 0 fully saturated rings. The summed E-state index contributed by atoms with van der Waals surface area (Å²) in [5.41, 5.74) is 1.39. The molecule has 112 valence electrons. The lowest BCUT2D eigenvalue weighted by atomic mass is 10.1. The van der Waals surface area contributed by atoms with Crippen molar-refractivity contribution >= 4 is 34.8 Å². The van der Waals surface area contributed by atoms with E-state index in [1.807, 2.05) is 0 Å². The molecular formula is C15H13Cl3FNO. The van der Waals surface area contributed by atoms with Crippen LogP contribution in [0.5, 0.6) is 0 Å². The van der Waals surface area contributed by atoms with Gasteiger partial charge in [-0.3, -0.25) is 0 Å². The lowest BCUT2D eigenvalue weighted by Crippen LogP contribution is -2.21. The zero-order valence-corrected chi connectivity index (χ0v) is 13.2. The van der Waals surface area contributed by atoms with Gasteiger partial charge >= 0.3 is 0 Å². The summed E-state index contributed by atoms with van der Waals surface area (Å²) >= 11 is 17.6. The molecule has 0 saturated carbocycles.